The molecule has 5 heteroatoms. The zero-order valence-corrected chi connectivity index (χ0v) is 13.7. The van der Waals surface area contributed by atoms with E-state index in [9.17, 15) is 0 Å². The van der Waals surface area contributed by atoms with E-state index in [0.29, 0.717) is 5.22 Å². The fourth-order valence-electron chi connectivity index (χ4n) is 2.25. The summed E-state index contributed by atoms with van der Waals surface area (Å²) in [6.07, 6.45) is 0. The monoisotopic (exact) mass is 343 g/mol. The van der Waals surface area contributed by atoms with Crippen molar-refractivity contribution in [1.29, 1.82) is 0 Å². The van der Waals surface area contributed by atoms with E-state index in [4.69, 9.17) is 21.0 Å². The predicted octanol–water partition coefficient (Wildman–Crippen LogP) is 6.45. The van der Waals surface area contributed by atoms with E-state index in [1.807, 2.05) is 24.3 Å². The number of hydrogen-bond acceptors (Lipinski definition) is 4. The van der Waals surface area contributed by atoms with Crippen molar-refractivity contribution >= 4 is 34.3 Å². The Hall–Kier alpha value is -1.88. The van der Waals surface area contributed by atoms with Crippen LogP contribution in [0.4, 0.5) is 0 Å². The van der Waals surface area contributed by atoms with Gasteiger partial charge in [0, 0.05) is 16.5 Å². The summed E-state index contributed by atoms with van der Waals surface area (Å²) in [6.45, 7) is 0. The lowest BCUT2D eigenvalue weighted by atomic mass is 10.1. The number of halogens is 1. The minimum Gasteiger partial charge on any atom is -0.445 e. The minimum atomic E-state index is 0.390. The first kappa shape index (κ1) is 13.8. The van der Waals surface area contributed by atoms with Gasteiger partial charge in [-0.2, -0.15) is 11.3 Å². The molecular formula is C17H10ClNOS2. The van der Waals surface area contributed by atoms with Gasteiger partial charge in [-0.15, -0.1) is 11.3 Å². The van der Waals surface area contributed by atoms with Gasteiger partial charge in [0.25, 0.3) is 0 Å². The van der Waals surface area contributed by atoms with Crippen molar-refractivity contribution in [3.05, 3.63) is 63.8 Å². The summed E-state index contributed by atoms with van der Waals surface area (Å²) < 4.78 is 5.56. The predicted molar refractivity (Wildman–Crippen MR) is 93.6 cm³/mol. The lowest BCUT2D eigenvalue weighted by Gasteiger charge is -2.06. The van der Waals surface area contributed by atoms with E-state index in [-0.39, 0.29) is 0 Å². The van der Waals surface area contributed by atoms with Gasteiger partial charge in [0.1, 0.15) is 5.76 Å². The van der Waals surface area contributed by atoms with Gasteiger partial charge in [0.15, 0.2) is 5.22 Å². The summed E-state index contributed by atoms with van der Waals surface area (Å²) in [5.41, 5.74) is 3.98. The molecule has 0 saturated carbocycles. The van der Waals surface area contributed by atoms with Crippen LogP contribution in [0.3, 0.4) is 0 Å². The molecule has 0 N–H and O–H groups in total. The molecule has 0 spiro atoms. The molecule has 2 nitrogen and oxygen atoms in total. The molecule has 4 aromatic rings. The highest BCUT2D eigenvalue weighted by Crippen LogP contribution is 2.33. The average molecular weight is 344 g/mol. The SMILES string of the molecule is Clc1ccc(-c2cc(-c3ccsc3)nc(-c3cccs3)c2)o1. The number of rotatable bonds is 3. The van der Waals surface area contributed by atoms with E-state index >= 15 is 0 Å². The Bertz CT molecular complexity index is 842. The Labute approximate surface area is 140 Å². The summed E-state index contributed by atoms with van der Waals surface area (Å²) in [5.74, 6) is 0.752. The summed E-state index contributed by atoms with van der Waals surface area (Å²) in [5, 5.41) is 6.59. The number of nitrogens with zero attached hydrogens (tertiary/aromatic N) is 1. The van der Waals surface area contributed by atoms with E-state index < -0.39 is 0 Å². The average Bonchev–Trinajstić information content (AvgIpc) is 3.29. The van der Waals surface area contributed by atoms with Crippen LogP contribution in [-0.2, 0) is 0 Å². The maximum Gasteiger partial charge on any atom is 0.193 e. The molecule has 4 rings (SSSR count). The first-order chi connectivity index (χ1) is 10.8. The van der Waals surface area contributed by atoms with Crippen molar-refractivity contribution in [3.8, 4) is 33.2 Å². The molecule has 0 saturated heterocycles. The van der Waals surface area contributed by atoms with Crippen LogP contribution in [0.2, 0.25) is 5.22 Å². The maximum absolute atomic E-state index is 5.91. The van der Waals surface area contributed by atoms with Crippen molar-refractivity contribution in [2.45, 2.75) is 0 Å². The molecule has 0 amide bonds. The van der Waals surface area contributed by atoms with E-state index in [1.165, 1.54) is 0 Å². The van der Waals surface area contributed by atoms with Crippen LogP contribution in [0.25, 0.3) is 33.2 Å². The first-order valence-electron chi connectivity index (χ1n) is 6.64. The Morgan fingerprint density at radius 2 is 1.86 bits per heavy atom. The smallest absolute Gasteiger partial charge is 0.193 e. The third-order valence-corrected chi connectivity index (χ3v) is 5.05. The molecule has 0 aliphatic heterocycles. The number of thiophene rings is 2. The van der Waals surface area contributed by atoms with Gasteiger partial charge in [-0.1, -0.05) is 6.07 Å². The molecule has 0 radical (unpaired) electrons. The molecule has 22 heavy (non-hydrogen) atoms. The third kappa shape index (κ3) is 2.61. The first-order valence-corrected chi connectivity index (χ1v) is 8.84. The molecule has 0 aliphatic rings. The lowest BCUT2D eigenvalue weighted by Crippen LogP contribution is -1.88. The topological polar surface area (TPSA) is 26.0 Å². The standard InChI is InChI=1S/C17H10ClNOS2/c18-17-4-3-15(20-17)12-8-13(11-5-7-21-10-11)19-14(9-12)16-2-1-6-22-16/h1-10H. The van der Waals surface area contributed by atoms with Crippen LogP contribution in [-0.4, -0.2) is 4.98 Å². The Balaban J connectivity index is 1.91. The fraction of sp³-hybridized carbons (Fsp3) is 0. The van der Waals surface area contributed by atoms with Crippen molar-refractivity contribution in [1.82, 2.24) is 4.98 Å². The largest absolute Gasteiger partial charge is 0.445 e. The molecule has 4 aromatic heterocycles. The molecule has 4 heterocycles. The molecule has 0 unspecified atom stereocenters. The van der Waals surface area contributed by atoms with Crippen molar-refractivity contribution in [2.24, 2.45) is 0 Å². The van der Waals surface area contributed by atoms with Gasteiger partial charge in [-0.3, -0.25) is 0 Å². The highest BCUT2D eigenvalue weighted by atomic mass is 35.5. The quantitative estimate of drug-likeness (QED) is 0.427. The van der Waals surface area contributed by atoms with Gasteiger partial charge in [-0.25, -0.2) is 4.98 Å². The molecule has 108 valence electrons. The molecule has 0 fully saturated rings. The normalized spacial score (nSPS) is 11.0. The van der Waals surface area contributed by atoms with Crippen LogP contribution in [0, 0.1) is 0 Å². The van der Waals surface area contributed by atoms with Gasteiger partial charge >= 0.3 is 0 Å². The third-order valence-electron chi connectivity index (χ3n) is 3.27. The van der Waals surface area contributed by atoms with Crippen molar-refractivity contribution < 1.29 is 4.42 Å². The zero-order valence-electron chi connectivity index (χ0n) is 11.3. The fourth-order valence-corrected chi connectivity index (χ4v) is 3.73. The zero-order chi connectivity index (χ0) is 14.9. The van der Waals surface area contributed by atoms with Gasteiger partial charge in [-0.05, 0) is 58.8 Å². The van der Waals surface area contributed by atoms with Crippen molar-refractivity contribution in [2.75, 3.05) is 0 Å². The molecule has 0 atom stereocenters. The van der Waals surface area contributed by atoms with Gasteiger partial charge in [0.2, 0.25) is 0 Å². The number of aromatic nitrogens is 1. The van der Waals surface area contributed by atoms with Crippen LogP contribution < -0.4 is 0 Å². The lowest BCUT2D eigenvalue weighted by molar-refractivity contribution is 0.584. The van der Waals surface area contributed by atoms with E-state index in [2.05, 4.69) is 28.3 Å². The highest BCUT2D eigenvalue weighted by Gasteiger charge is 2.11. The van der Waals surface area contributed by atoms with Crippen molar-refractivity contribution in [3.63, 3.8) is 0 Å². The van der Waals surface area contributed by atoms with Crippen LogP contribution in [0.15, 0.2) is 63.0 Å². The highest BCUT2D eigenvalue weighted by molar-refractivity contribution is 7.13. The van der Waals surface area contributed by atoms with Crippen LogP contribution in [0.5, 0.6) is 0 Å². The molecule has 0 aromatic carbocycles. The Morgan fingerprint density at radius 3 is 2.55 bits per heavy atom. The van der Waals surface area contributed by atoms with E-state index in [0.717, 1.165) is 33.2 Å². The van der Waals surface area contributed by atoms with Crippen LogP contribution >= 0.6 is 34.3 Å². The summed E-state index contributed by atoms with van der Waals surface area (Å²) in [6, 6.07) is 13.9. The van der Waals surface area contributed by atoms with E-state index in [1.54, 1.807) is 28.7 Å². The second-order valence-corrected chi connectivity index (χ2v) is 6.82. The number of hydrogen-bond donors (Lipinski definition) is 0. The summed E-state index contributed by atoms with van der Waals surface area (Å²) in [4.78, 5) is 5.93. The second-order valence-electron chi connectivity index (χ2n) is 4.72. The van der Waals surface area contributed by atoms with Gasteiger partial charge < -0.3 is 4.42 Å². The van der Waals surface area contributed by atoms with Crippen LogP contribution in [0.1, 0.15) is 0 Å². The molecular weight excluding hydrogens is 334 g/mol. The number of furan rings is 1. The number of pyridine rings is 1. The Morgan fingerprint density at radius 1 is 0.955 bits per heavy atom. The second kappa shape index (κ2) is 5.72. The maximum atomic E-state index is 5.91. The van der Waals surface area contributed by atoms with Gasteiger partial charge in [0.05, 0.1) is 16.3 Å². The summed E-state index contributed by atoms with van der Waals surface area (Å²) in [7, 11) is 0. The Kier molecular flexibility index (Phi) is 3.58. The summed E-state index contributed by atoms with van der Waals surface area (Å²) >= 11 is 9.25. The molecule has 0 bridgehead atoms. The minimum absolute atomic E-state index is 0.390. The molecule has 0 aliphatic carbocycles.